The molecule has 3 rings (SSSR count). The number of amides is 1. The zero-order valence-corrected chi connectivity index (χ0v) is 18.7. The number of carbonyl (C=O) groups excluding carboxylic acids is 2. The summed E-state index contributed by atoms with van der Waals surface area (Å²) in [7, 11) is -3.04. The van der Waals surface area contributed by atoms with Gasteiger partial charge in [0.2, 0.25) is 15.9 Å². The van der Waals surface area contributed by atoms with Gasteiger partial charge in [-0.15, -0.1) is 0 Å². The first-order chi connectivity index (χ1) is 15.9. The number of hydrogen-bond donors (Lipinski definition) is 2. The molecule has 1 fully saturated rings. The van der Waals surface area contributed by atoms with Crippen molar-refractivity contribution in [2.75, 3.05) is 30.8 Å². The van der Waals surface area contributed by atoms with Crippen molar-refractivity contribution >= 4 is 33.3 Å². The third-order valence-corrected chi connectivity index (χ3v) is 7.07. The summed E-state index contributed by atoms with van der Waals surface area (Å²) in [5.74, 6) is -2.43. The largest absolute Gasteiger partial charge is 0.468 e. The van der Waals surface area contributed by atoms with E-state index < -0.39 is 45.5 Å². The van der Waals surface area contributed by atoms with Crippen molar-refractivity contribution in [1.82, 2.24) is 4.31 Å². The molecule has 0 aromatic heterocycles. The number of alkyl halides is 3. The number of sulfonamides is 1. The molecule has 1 saturated heterocycles. The summed E-state index contributed by atoms with van der Waals surface area (Å²) in [6, 6.07) is 5.92. The number of nitrogens with zero attached hydrogens (tertiary/aromatic N) is 1. The molecule has 2 N–H and O–H groups in total. The molecule has 0 saturated carbocycles. The van der Waals surface area contributed by atoms with Gasteiger partial charge in [-0.2, -0.15) is 17.5 Å². The molecule has 0 bridgehead atoms. The predicted molar refractivity (Wildman–Crippen MR) is 114 cm³/mol. The Morgan fingerprint density at radius 1 is 1.15 bits per heavy atom. The summed E-state index contributed by atoms with van der Waals surface area (Å²) in [4.78, 5) is 23.6. The minimum atomic E-state index is -4.48. The monoisotopic (exact) mass is 503 g/mol. The third-order valence-electron chi connectivity index (χ3n) is 5.16. The SMILES string of the molecule is COC(=O)[C@@H]1CCCN1S(=O)(=O)c1ccc(NC(=O)CNc2ccc(C(F)(F)F)cc2)c(F)c1. The molecule has 184 valence electrons. The van der Waals surface area contributed by atoms with Crippen LogP contribution in [0.1, 0.15) is 18.4 Å². The molecule has 13 heteroatoms. The van der Waals surface area contributed by atoms with Crippen LogP contribution in [-0.4, -0.2) is 50.8 Å². The number of nitrogens with one attached hydrogen (secondary N) is 2. The van der Waals surface area contributed by atoms with Crippen LogP contribution in [0.25, 0.3) is 0 Å². The lowest BCUT2D eigenvalue weighted by molar-refractivity contribution is -0.144. The first-order valence-electron chi connectivity index (χ1n) is 10.0. The van der Waals surface area contributed by atoms with Crippen molar-refractivity contribution in [1.29, 1.82) is 0 Å². The summed E-state index contributed by atoms with van der Waals surface area (Å²) in [6.07, 6.45) is -3.75. The molecule has 1 heterocycles. The minimum absolute atomic E-state index is 0.0812. The summed E-state index contributed by atoms with van der Waals surface area (Å²) in [5.41, 5.74) is -0.883. The van der Waals surface area contributed by atoms with Gasteiger partial charge in [-0.25, -0.2) is 12.8 Å². The molecule has 0 radical (unpaired) electrons. The molecule has 8 nitrogen and oxygen atoms in total. The molecule has 0 spiro atoms. The van der Waals surface area contributed by atoms with E-state index in [0.717, 1.165) is 53.9 Å². The van der Waals surface area contributed by atoms with Gasteiger partial charge in [0.25, 0.3) is 0 Å². The van der Waals surface area contributed by atoms with Crippen molar-refractivity contribution in [3.05, 3.63) is 53.8 Å². The Kier molecular flexibility index (Phi) is 7.46. The van der Waals surface area contributed by atoms with Crippen LogP contribution in [0.5, 0.6) is 0 Å². The quantitative estimate of drug-likeness (QED) is 0.444. The number of rotatable bonds is 7. The number of halogens is 4. The van der Waals surface area contributed by atoms with Crippen molar-refractivity contribution in [3.8, 4) is 0 Å². The standard InChI is InChI=1S/C21H21F4N3O5S/c1-33-20(30)18-3-2-10-28(18)34(31,32)15-8-9-17(16(22)11-15)27-19(29)12-26-14-6-4-13(5-7-14)21(23,24)25/h4-9,11,18,26H,2-3,10,12H2,1H3,(H,27,29)/t18-/m0/s1. The minimum Gasteiger partial charge on any atom is -0.468 e. The van der Waals surface area contributed by atoms with Crippen molar-refractivity contribution in [2.45, 2.75) is 30.0 Å². The third kappa shape index (κ3) is 5.65. The van der Waals surface area contributed by atoms with Gasteiger partial charge < -0.3 is 15.4 Å². The lowest BCUT2D eigenvalue weighted by Crippen LogP contribution is -2.41. The van der Waals surface area contributed by atoms with Crippen LogP contribution < -0.4 is 10.6 Å². The molecule has 2 aromatic carbocycles. The summed E-state index contributed by atoms with van der Waals surface area (Å²) in [6.45, 7) is -0.294. The van der Waals surface area contributed by atoms with Crippen LogP contribution in [-0.2, 0) is 30.5 Å². The Morgan fingerprint density at radius 2 is 1.82 bits per heavy atom. The lowest BCUT2D eigenvalue weighted by atomic mass is 10.2. The van der Waals surface area contributed by atoms with Gasteiger partial charge in [0.05, 0.1) is 29.8 Å². The second-order valence-corrected chi connectivity index (χ2v) is 9.31. The van der Waals surface area contributed by atoms with E-state index in [4.69, 9.17) is 0 Å². The predicted octanol–water partition coefficient (Wildman–Crippen LogP) is 3.22. The Labute approximate surface area is 192 Å². The van der Waals surface area contributed by atoms with Gasteiger partial charge in [-0.05, 0) is 55.3 Å². The number of benzene rings is 2. The summed E-state index contributed by atoms with van der Waals surface area (Å²) < 4.78 is 83.7. The molecule has 0 unspecified atom stereocenters. The molecular weight excluding hydrogens is 482 g/mol. The van der Waals surface area contributed by atoms with Crippen molar-refractivity contribution in [2.24, 2.45) is 0 Å². The molecule has 1 aliphatic rings. The first kappa shape index (κ1) is 25.4. The first-order valence-corrected chi connectivity index (χ1v) is 11.5. The van der Waals surface area contributed by atoms with Crippen molar-refractivity contribution < 1.29 is 40.3 Å². The van der Waals surface area contributed by atoms with Crippen LogP contribution >= 0.6 is 0 Å². The molecule has 1 amide bonds. The highest BCUT2D eigenvalue weighted by atomic mass is 32.2. The zero-order chi connectivity index (χ0) is 25.1. The van der Waals surface area contributed by atoms with E-state index in [1.165, 1.54) is 0 Å². The Hall–Kier alpha value is -3.19. The highest BCUT2D eigenvalue weighted by Gasteiger charge is 2.40. The van der Waals surface area contributed by atoms with E-state index in [1.54, 1.807) is 0 Å². The maximum Gasteiger partial charge on any atom is 0.416 e. The van der Waals surface area contributed by atoms with Gasteiger partial charge in [-0.1, -0.05) is 0 Å². The van der Waals surface area contributed by atoms with Crippen LogP contribution in [0, 0.1) is 5.82 Å². The highest BCUT2D eigenvalue weighted by molar-refractivity contribution is 7.89. The van der Waals surface area contributed by atoms with Crippen LogP contribution in [0.3, 0.4) is 0 Å². The van der Waals surface area contributed by atoms with Crippen LogP contribution in [0.2, 0.25) is 0 Å². The smallest absolute Gasteiger partial charge is 0.416 e. The Bertz CT molecular complexity index is 1170. The van der Waals surface area contributed by atoms with Crippen LogP contribution in [0.4, 0.5) is 28.9 Å². The van der Waals surface area contributed by atoms with Gasteiger partial charge in [0.15, 0.2) is 0 Å². The van der Waals surface area contributed by atoms with Gasteiger partial charge in [0.1, 0.15) is 11.9 Å². The number of carbonyl (C=O) groups is 2. The Morgan fingerprint density at radius 3 is 2.41 bits per heavy atom. The number of hydrogen-bond acceptors (Lipinski definition) is 6. The van der Waals surface area contributed by atoms with Crippen molar-refractivity contribution in [3.63, 3.8) is 0 Å². The highest BCUT2D eigenvalue weighted by Crippen LogP contribution is 2.30. The van der Waals surface area contributed by atoms with E-state index in [9.17, 15) is 35.6 Å². The molecular formula is C21H21F4N3O5S. The fraction of sp³-hybridized carbons (Fsp3) is 0.333. The lowest BCUT2D eigenvalue weighted by Gasteiger charge is -2.22. The second kappa shape index (κ2) is 9.97. The fourth-order valence-corrected chi connectivity index (χ4v) is 5.11. The molecule has 2 aromatic rings. The van der Waals surface area contributed by atoms with E-state index in [1.807, 2.05) is 0 Å². The number of methoxy groups -OCH3 is 1. The maximum atomic E-state index is 14.6. The molecule has 34 heavy (non-hydrogen) atoms. The maximum absolute atomic E-state index is 14.6. The topological polar surface area (TPSA) is 105 Å². The number of esters is 1. The molecule has 1 atom stereocenters. The van der Waals surface area contributed by atoms with E-state index in [-0.39, 0.29) is 35.8 Å². The number of ether oxygens (including phenoxy) is 1. The average molecular weight is 503 g/mol. The van der Waals surface area contributed by atoms with Gasteiger partial charge in [0, 0.05) is 12.2 Å². The summed E-state index contributed by atoms with van der Waals surface area (Å²) in [5, 5.41) is 4.87. The zero-order valence-electron chi connectivity index (χ0n) is 17.9. The average Bonchev–Trinajstić information content (AvgIpc) is 3.29. The molecule has 1 aliphatic heterocycles. The van der Waals surface area contributed by atoms with E-state index >= 15 is 0 Å². The second-order valence-electron chi connectivity index (χ2n) is 7.42. The van der Waals surface area contributed by atoms with E-state index in [2.05, 4.69) is 15.4 Å². The van der Waals surface area contributed by atoms with Crippen LogP contribution in [0.15, 0.2) is 47.4 Å². The Balaban J connectivity index is 1.64. The molecule has 0 aliphatic carbocycles. The van der Waals surface area contributed by atoms with Gasteiger partial charge >= 0.3 is 12.1 Å². The number of anilines is 2. The fourth-order valence-electron chi connectivity index (χ4n) is 3.45. The van der Waals surface area contributed by atoms with E-state index in [0.29, 0.717) is 6.42 Å². The summed E-state index contributed by atoms with van der Waals surface area (Å²) >= 11 is 0. The van der Waals surface area contributed by atoms with Gasteiger partial charge in [-0.3, -0.25) is 9.59 Å². The normalized spacial score (nSPS) is 16.8.